The average Bonchev–Trinajstić information content (AvgIpc) is 2.84. The van der Waals surface area contributed by atoms with Gasteiger partial charge in [0.1, 0.15) is 29.9 Å². The summed E-state index contributed by atoms with van der Waals surface area (Å²) in [5.41, 5.74) is 8.44. The maximum absolute atomic E-state index is 14.6. The normalized spacial score (nSPS) is 20.4. The summed E-state index contributed by atoms with van der Waals surface area (Å²) < 4.78 is 42.3. The van der Waals surface area contributed by atoms with Crippen LogP contribution < -0.4 is 10.7 Å². The SMILES string of the molecule is C[NH+]=C(C1=C(N)[C@@H](C)N(C(=O)c2cc(F)cc(C3=CC(Cl)C(=O)N=C3)c2Cl)CC1)c1cc(F)cc(F)c1. The van der Waals surface area contributed by atoms with Crippen molar-refractivity contribution in [3.05, 3.63) is 86.8 Å². The molecule has 0 radical (unpaired) electrons. The molecule has 0 saturated heterocycles. The van der Waals surface area contributed by atoms with Crippen molar-refractivity contribution in [1.82, 2.24) is 4.90 Å². The molecule has 0 saturated carbocycles. The highest BCUT2D eigenvalue weighted by Gasteiger charge is 2.34. The molecule has 2 aromatic rings. The molecule has 2 aliphatic heterocycles. The van der Waals surface area contributed by atoms with Gasteiger partial charge in [0.15, 0.2) is 0 Å². The number of nitrogens with zero attached hydrogens (tertiary/aromatic N) is 2. The fourth-order valence-electron chi connectivity index (χ4n) is 4.45. The predicted octanol–water partition coefficient (Wildman–Crippen LogP) is 3.01. The Hall–Kier alpha value is -3.43. The maximum atomic E-state index is 14.6. The van der Waals surface area contributed by atoms with Crippen LogP contribution in [-0.4, -0.2) is 53.7 Å². The van der Waals surface area contributed by atoms with E-state index >= 15 is 0 Å². The summed E-state index contributed by atoms with van der Waals surface area (Å²) in [7, 11) is 1.61. The van der Waals surface area contributed by atoms with Gasteiger partial charge >= 0.3 is 0 Å². The number of rotatable bonds is 4. The first kappa shape index (κ1) is 26.6. The van der Waals surface area contributed by atoms with Crippen LogP contribution in [0, 0.1) is 17.5 Å². The number of alkyl halides is 1. The first-order chi connectivity index (χ1) is 17.5. The fourth-order valence-corrected chi connectivity index (χ4v) is 4.94. The lowest BCUT2D eigenvalue weighted by Gasteiger charge is -2.35. The molecule has 192 valence electrons. The molecule has 0 aliphatic carbocycles. The summed E-state index contributed by atoms with van der Waals surface area (Å²) in [6, 6.07) is 4.67. The second-order valence-electron chi connectivity index (χ2n) is 8.58. The number of carbonyl (C=O) groups is 2. The molecule has 2 atom stereocenters. The highest BCUT2D eigenvalue weighted by molar-refractivity contribution is 6.39. The number of benzene rings is 2. The highest BCUT2D eigenvalue weighted by atomic mass is 35.5. The minimum atomic E-state index is -1.03. The van der Waals surface area contributed by atoms with Crippen LogP contribution in [0.25, 0.3) is 5.57 Å². The van der Waals surface area contributed by atoms with Gasteiger partial charge in [-0.05, 0) is 49.3 Å². The lowest BCUT2D eigenvalue weighted by Crippen LogP contribution is -2.69. The van der Waals surface area contributed by atoms with E-state index in [9.17, 15) is 22.8 Å². The van der Waals surface area contributed by atoms with Gasteiger partial charge in [0.2, 0.25) is 5.71 Å². The monoisotopic (exact) mass is 549 g/mol. The molecule has 0 aromatic heterocycles. The molecule has 0 bridgehead atoms. The van der Waals surface area contributed by atoms with Gasteiger partial charge in [0.05, 0.1) is 22.2 Å². The average molecular weight is 550 g/mol. The molecule has 2 aromatic carbocycles. The molecule has 2 heterocycles. The summed E-state index contributed by atoms with van der Waals surface area (Å²) in [5, 5.41) is -1.06. The van der Waals surface area contributed by atoms with Gasteiger partial charge in [-0.3, -0.25) is 9.59 Å². The van der Waals surface area contributed by atoms with Crippen molar-refractivity contribution in [1.29, 1.82) is 0 Å². The molecule has 0 fully saturated rings. The second-order valence-corrected chi connectivity index (χ2v) is 9.42. The molecular formula is C26H22Cl2F3N4O2+. The van der Waals surface area contributed by atoms with Crippen molar-refractivity contribution in [2.45, 2.75) is 24.8 Å². The van der Waals surface area contributed by atoms with E-state index in [1.54, 1.807) is 14.0 Å². The number of carbonyl (C=O) groups excluding carboxylic acids is 2. The first-order valence-electron chi connectivity index (χ1n) is 11.3. The number of hydrogen-bond donors (Lipinski definition) is 2. The zero-order chi connectivity index (χ0) is 27.0. The molecule has 37 heavy (non-hydrogen) atoms. The summed E-state index contributed by atoms with van der Waals surface area (Å²) in [5.74, 6) is -3.31. The van der Waals surface area contributed by atoms with Gasteiger partial charge < -0.3 is 10.6 Å². The van der Waals surface area contributed by atoms with Gasteiger partial charge in [0, 0.05) is 35.7 Å². The van der Waals surface area contributed by atoms with Crippen LogP contribution in [0.1, 0.15) is 34.8 Å². The van der Waals surface area contributed by atoms with Crippen molar-refractivity contribution in [3.63, 3.8) is 0 Å². The third-order valence-electron chi connectivity index (χ3n) is 6.30. The number of hydrogen-bond acceptors (Lipinski definition) is 3. The molecular weight excluding hydrogens is 528 g/mol. The van der Waals surface area contributed by atoms with Crippen molar-refractivity contribution in [2.24, 2.45) is 10.7 Å². The van der Waals surface area contributed by atoms with E-state index in [-0.39, 0.29) is 34.7 Å². The maximum Gasteiger partial charge on any atom is 0.267 e. The topological polar surface area (TPSA) is 89.7 Å². The van der Waals surface area contributed by atoms with Crippen LogP contribution in [0.2, 0.25) is 5.02 Å². The number of halogens is 5. The Morgan fingerprint density at radius 3 is 2.41 bits per heavy atom. The van der Waals surface area contributed by atoms with Gasteiger partial charge in [0.25, 0.3) is 11.8 Å². The fraction of sp³-hybridized carbons (Fsp3) is 0.231. The number of nitrogens with two attached hydrogens (primary N) is 1. The second kappa shape index (κ2) is 10.5. The van der Waals surface area contributed by atoms with Crippen LogP contribution in [0.15, 0.2) is 52.7 Å². The van der Waals surface area contributed by atoms with E-state index in [4.69, 9.17) is 28.9 Å². The van der Waals surface area contributed by atoms with Crippen LogP contribution >= 0.6 is 23.2 Å². The highest BCUT2D eigenvalue weighted by Crippen LogP contribution is 2.33. The van der Waals surface area contributed by atoms with E-state index < -0.39 is 40.7 Å². The summed E-state index contributed by atoms with van der Waals surface area (Å²) in [6.45, 7) is 1.88. The number of dihydropyridines is 1. The van der Waals surface area contributed by atoms with Crippen LogP contribution in [-0.2, 0) is 4.79 Å². The lowest BCUT2D eigenvalue weighted by molar-refractivity contribution is -0.418. The summed E-state index contributed by atoms with van der Waals surface area (Å²) in [6.07, 6.45) is 2.87. The van der Waals surface area contributed by atoms with E-state index in [0.717, 1.165) is 18.2 Å². The minimum Gasteiger partial charge on any atom is -0.400 e. The van der Waals surface area contributed by atoms with Gasteiger partial charge in [-0.1, -0.05) is 11.6 Å². The Morgan fingerprint density at radius 1 is 1.14 bits per heavy atom. The van der Waals surface area contributed by atoms with Crippen molar-refractivity contribution < 1.29 is 27.8 Å². The molecule has 1 unspecified atom stereocenters. The third kappa shape index (κ3) is 5.19. The predicted molar refractivity (Wildman–Crippen MR) is 136 cm³/mol. The molecule has 4 rings (SSSR count). The Labute approximate surface area is 221 Å². The van der Waals surface area contributed by atoms with E-state index in [1.807, 2.05) is 0 Å². The number of aliphatic imine (C=N–C) groups is 1. The standard InChI is InChI=1S/C26H21Cl2F3N4O2/c1-12-23(32)18(24(33-2)13-5-15(29)8-16(30)6-13)3-4-35(12)26(37)20-10-17(31)9-19(22(20)28)14-7-21(27)25(36)34-11-14/h5-12,21H,3-4,32H2,1-2H3/p+1/t12-,21?/m1/s1. The van der Waals surface area contributed by atoms with Crippen LogP contribution in [0.3, 0.4) is 0 Å². The van der Waals surface area contributed by atoms with E-state index in [2.05, 4.69) is 9.98 Å². The van der Waals surface area contributed by atoms with Crippen molar-refractivity contribution >= 4 is 52.5 Å². The van der Waals surface area contributed by atoms with Crippen LogP contribution in [0.4, 0.5) is 13.2 Å². The van der Waals surface area contributed by atoms with Gasteiger partial charge in [-0.25, -0.2) is 23.2 Å². The third-order valence-corrected chi connectivity index (χ3v) is 7.02. The summed E-state index contributed by atoms with van der Waals surface area (Å²) in [4.78, 5) is 33.2. The molecule has 11 heteroatoms. The van der Waals surface area contributed by atoms with E-state index in [0.29, 0.717) is 22.6 Å². The Morgan fingerprint density at radius 2 is 1.78 bits per heavy atom. The van der Waals surface area contributed by atoms with Crippen molar-refractivity contribution in [3.8, 4) is 0 Å². The lowest BCUT2D eigenvalue weighted by atomic mass is 9.91. The molecule has 2 amide bonds. The van der Waals surface area contributed by atoms with Gasteiger partial charge in [-0.2, -0.15) is 0 Å². The van der Waals surface area contributed by atoms with Gasteiger partial charge in [-0.15, -0.1) is 11.6 Å². The number of nitrogens with one attached hydrogen (secondary N) is 1. The Balaban J connectivity index is 1.68. The molecule has 2 aliphatic rings. The zero-order valence-electron chi connectivity index (χ0n) is 19.8. The quantitative estimate of drug-likeness (QED) is 0.453. The smallest absolute Gasteiger partial charge is 0.267 e. The van der Waals surface area contributed by atoms with Crippen molar-refractivity contribution in [2.75, 3.05) is 13.6 Å². The minimum absolute atomic E-state index is 0.0272. The first-order valence-corrected chi connectivity index (χ1v) is 12.1. The Bertz CT molecular complexity index is 1410. The molecule has 0 spiro atoms. The molecule has 3 N–H and O–H groups in total. The Kier molecular flexibility index (Phi) is 7.57. The summed E-state index contributed by atoms with van der Waals surface area (Å²) >= 11 is 12.5. The van der Waals surface area contributed by atoms with E-state index in [1.165, 1.54) is 29.3 Å². The molecule has 6 nitrogen and oxygen atoms in total. The van der Waals surface area contributed by atoms with Crippen LogP contribution in [0.5, 0.6) is 0 Å². The number of amides is 2. The largest absolute Gasteiger partial charge is 0.400 e. The zero-order valence-corrected chi connectivity index (χ0v) is 21.3. The number of allylic oxidation sites excluding steroid dienone is 1.